The number of hydrogen-bond donors (Lipinski definition) is 9. The van der Waals surface area contributed by atoms with E-state index in [9.17, 15) is 14.4 Å². The summed E-state index contributed by atoms with van der Waals surface area (Å²) in [6, 6.07) is 0. The summed E-state index contributed by atoms with van der Waals surface area (Å²) in [5.74, 6) is -4.82. The highest BCUT2D eigenvalue weighted by molar-refractivity contribution is 7.81. The van der Waals surface area contributed by atoms with Crippen molar-refractivity contribution in [3.05, 3.63) is 0 Å². The molecule has 28 heavy (non-hydrogen) atoms. The van der Waals surface area contributed by atoms with E-state index in [1.807, 2.05) is 0 Å². The molecular formula is C16H34O9S3. The molecule has 0 radical (unpaired) electrons. The van der Waals surface area contributed by atoms with Gasteiger partial charge in [-0.25, -0.2) is 0 Å². The Balaban J connectivity index is -0.000000137. The fourth-order valence-electron chi connectivity index (χ4n) is 1.09. The average Bonchev–Trinajstić information content (AvgIpc) is 2.33. The summed E-state index contributed by atoms with van der Waals surface area (Å²) in [7, 11) is 0. The van der Waals surface area contributed by atoms with Gasteiger partial charge in [-0.3, -0.25) is 14.4 Å². The van der Waals surface area contributed by atoms with Gasteiger partial charge in [0.2, 0.25) is 0 Å². The lowest BCUT2D eigenvalue weighted by atomic mass is 10.3. The summed E-state index contributed by atoms with van der Waals surface area (Å²) in [6.07, 6.45) is 0.992. The smallest absolute Gasteiger partial charge is 0.304 e. The molecule has 0 saturated heterocycles. The van der Waals surface area contributed by atoms with Gasteiger partial charge in [0.05, 0.1) is 19.3 Å². The minimum Gasteiger partial charge on any atom is -0.481 e. The molecule has 0 aromatic heterocycles. The summed E-state index contributed by atoms with van der Waals surface area (Å²) in [5.41, 5.74) is 0. The number of hydrogen-bond acceptors (Lipinski definition) is 9. The van der Waals surface area contributed by atoms with Crippen LogP contribution in [0.4, 0.5) is 0 Å². The van der Waals surface area contributed by atoms with Crippen molar-refractivity contribution < 1.29 is 45.0 Å². The van der Waals surface area contributed by atoms with Crippen LogP contribution >= 0.6 is 37.9 Å². The molecule has 0 amide bonds. The van der Waals surface area contributed by atoms with Crippen LogP contribution in [0.3, 0.4) is 0 Å². The standard InChI is InChI=1S/C4H10O3.3C4H8O2S/c1-2-3-4(5,6)7;3*1-3(7)2-4(5)6/h5-7H,2-3H2,1H3;3*3,7H,2H2,1H3,(H,5,6). The fourth-order valence-corrected chi connectivity index (χ4v) is 1.56. The third-order valence-electron chi connectivity index (χ3n) is 2.00. The third kappa shape index (κ3) is 63.8. The number of rotatable bonds is 8. The maximum Gasteiger partial charge on any atom is 0.304 e. The van der Waals surface area contributed by atoms with E-state index >= 15 is 0 Å². The number of carboxylic acids is 3. The highest BCUT2D eigenvalue weighted by atomic mass is 32.1. The average molecular weight is 467 g/mol. The molecule has 170 valence electrons. The van der Waals surface area contributed by atoms with Crippen molar-refractivity contribution in [2.45, 2.75) is 81.5 Å². The van der Waals surface area contributed by atoms with Crippen molar-refractivity contribution >= 4 is 55.8 Å². The minimum absolute atomic E-state index is 0.00694. The van der Waals surface area contributed by atoms with E-state index in [0.717, 1.165) is 0 Å². The van der Waals surface area contributed by atoms with Crippen LogP contribution in [-0.2, 0) is 14.4 Å². The van der Waals surface area contributed by atoms with Crippen LogP contribution in [0.1, 0.15) is 59.8 Å². The minimum atomic E-state index is -2.45. The molecular weight excluding hydrogens is 432 g/mol. The Morgan fingerprint density at radius 3 is 0.929 bits per heavy atom. The number of aliphatic hydroxyl groups is 3. The molecule has 0 spiro atoms. The molecule has 0 aliphatic heterocycles. The fraction of sp³-hybridized carbons (Fsp3) is 0.812. The Kier molecular flexibility index (Phi) is 26.2. The highest BCUT2D eigenvalue weighted by Gasteiger charge is 2.14. The number of thiol groups is 3. The first-order valence-corrected chi connectivity index (χ1v) is 9.86. The molecule has 0 rings (SSSR count). The van der Waals surface area contributed by atoms with Gasteiger partial charge in [-0.15, -0.1) is 0 Å². The van der Waals surface area contributed by atoms with Gasteiger partial charge in [0, 0.05) is 22.2 Å². The van der Waals surface area contributed by atoms with Crippen molar-refractivity contribution in [3.8, 4) is 0 Å². The van der Waals surface area contributed by atoms with Crippen molar-refractivity contribution in [1.82, 2.24) is 0 Å². The van der Waals surface area contributed by atoms with Crippen molar-refractivity contribution in [2.75, 3.05) is 0 Å². The summed E-state index contributed by atoms with van der Waals surface area (Å²) >= 11 is 11.6. The second-order valence-corrected chi connectivity index (χ2v) is 8.51. The Bertz CT molecular complexity index is 361. The van der Waals surface area contributed by atoms with E-state index in [2.05, 4.69) is 37.9 Å². The summed E-state index contributed by atoms with van der Waals surface area (Å²) in [6.45, 7) is 6.99. The predicted molar refractivity (Wildman–Crippen MR) is 116 cm³/mol. The van der Waals surface area contributed by atoms with Crippen LogP contribution in [0.2, 0.25) is 0 Å². The van der Waals surface area contributed by atoms with Gasteiger partial charge in [0.25, 0.3) is 5.97 Å². The lowest BCUT2D eigenvalue weighted by Crippen LogP contribution is -2.26. The third-order valence-corrected chi connectivity index (χ3v) is 2.54. The molecule has 0 fully saturated rings. The van der Waals surface area contributed by atoms with Crippen LogP contribution in [0.15, 0.2) is 0 Å². The SMILES string of the molecule is CC(S)CC(=O)O.CC(S)CC(=O)O.CC(S)CC(=O)O.CCCC(O)(O)O. The lowest BCUT2D eigenvalue weighted by Gasteiger charge is -2.10. The van der Waals surface area contributed by atoms with E-state index in [1.54, 1.807) is 27.7 Å². The number of carbonyl (C=O) groups is 3. The second-order valence-electron chi connectivity index (χ2n) is 5.86. The zero-order valence-electron chi connectivity index (χ0n) is 16.5. The predicted octanol–water partition coefficient (Wildman–Crippen LogP) is 1.76. The zero-order chi connectivity index (χ0) is 23.5. The lowest BCUT2D eigenvalue weighted by molar-refractivity contribution is -0.314. The van der Waals surface area contributed by atoms with E-state index in [4.69, 9.17) is 30.6 Å². The van der Waals surface area contributed by atoms with Gasteiger partial charge < -0.3 is 30.6 Å². The molecule has 0 aliphatic carbocycles. The van der Waals surface area contributed by atoms with Crippen LogP contribution in [0, 0.1) is 0 Å². The van der Waals surface area contributed by atoms with Crippen LogP contribution in [0.5, 0.6) is 0 Å². The van der Waals surface area contributed by atoms with Crippen LogP contribution in [-0.4, -0.2) is 70.3 Å². The summed E-state index contributed by atoms with van der Waals surface area (Å²) in [4.78, 5) is 29.3. The van der Waals surface area contributed by atoms with Gasteiger partial charge >= 0.3 is 17.9 Å². The Labute approximate surface area is 182 Å². The highest BCUT2D eigenvalue weighted by Crippen LogP contribution is 2.01. The second kappa shape index (κ2) is 21.1. The summed E-state index contributed by atoms with van der Waals surface area (Å²) < 4.78 is 0. The van der Waals surface area contributed by atoms with Crippen molar-refractivity contribution in [2.24, 2.45) is 0 Å². The molecule has 0 heterocycles. The molecule has 12 heteroatoms. The summed E-state index contributed by atoms with van der Waals surface area (Å²) in [5, 5.41) is 48.4. The molecule has 0 aliphatic rings. The van der Waals surface area contributed by atoms with Gasteiger partial charge in [-0.2, -0.15) is 37.9 Å². The first kappa shape index (κ1) is 34.8. The Hall–Kier alpha value is -0.660. The first-order chi connectivity index (χ1) is 12.4. The van der Waals surface area contributed by atoms with E-state index in [0.29, 0.717) is 6.42 Å². The molecule has 3 unspecified atom stereocenters. The first-order valence-electron chi connectivity index (χ1n) is 8.31. The molecule has 0 aromatic rings. The van der Waals surface area contributed by atoms with E-state index in [1.165, 1.54) is 0 Å². The van der Waals surface area contributed by atoms with Crippen LogP contribution < -0.4 is 0 Å². The zero-order valence-corrected chi connectivity index (χ0v) is 19.2. The molecule has 0 saturated carbocycles. The van der Waals surface area contributed by atoms with Gasteiger partial charge in [-0.05, 0) is 6.42 Å². The molecule has 0 bridgehead atoms. The largest absolute Gasteiger partial charge is 0.481 e. The maximum atomic E-state index is 9.76. The molecule has 9 nitrogen and oxygen atoms in total. The molecule has 6 N–H and O–H groups in total. The van der Waals surface area contributed by atoms with Gasteiger partial charge in [0.1, 0.15) is 0 Å². The maximum absolute atomic E-state index is 9.76. The van der Waals surface area contributed by atoms with E-state index < -0.39 is 23.9 Å². The monoisotopic (exact) mass is 466 g/mol. The number of carboxylic acid groups (broad SMARTS) is 3. The number of aliphatic carboxylic acids is 3. The van der Waals surface area contributed by atoms with Crippen LogP contribution in [0.25, 0.3) is 0 Å². The quantitative estimate of drug-likeness (QED) is 0.191. The molecule has 3 atom stereocenters. The normalized spacial score (nSPS) is 13.1. The van der Waals surface area contributed by atoms with Gasteiger partial charge in [0.15, 0.2) is 0 Å². The van der Waals surface area contributed by atoms with Crippen molar-refractivity contribution in [1.29, 1.82) is 0 Å². The van der Waals surface area contributed by atoms with Crippen molar-refractivity contribution in [3.63, 3.8) is 0 Å². The van der Waals surface area contributed by atoms with Gasteiger partial charge in [-0.1, -0.05) is 27.7 Å². The van der Waals surface area contributed by atoms with E-state index in [-0.39, 0.29) is 41.4 Å². The Morgan fingerprint density at radius 1 is 0.714 bits per heavy atom. The Morgan fingerprint density at radius 2 is 0.929 bits per heavy atom. The topological polar surface area (TPSA) is 173 Å². The molecule has 0 aromatic carbocycles.